The number of benzene rings is 1. The van der Waals surface area contributed by atoms with Crippen molar-refractivity contribution < 1.29 is 18.0 Å². The molecular weight excluding hydrogens is 305 g/mol. The average molecular weight is 317 g/mol. The van der Waals surface area contributed by atoms with Gasteiger partial charge < -0.3 is 0 Å². The van der Waals surface area contributed by atoms with Crippen molar-refractivity contribution in [3.63, 3.8) is 0 Å². The lowest BCUT2D eigenvalue weighted by Crippen LogP contribution is -2.13. The number of Topliss-reactive ketones (excluding diaryl/α,β-unsaturated/α-hetero) is 1. The molecule has 0 atom stereocenters. The van der Waals surface area contributed by atoms with Gasteiger partial charge in [0, 0.05) is 13.0 Å². The number of nitrogens with zero attached hydrogens (tertiary/aromatic N) is 2. The van der Waals surface area contributed by atoms with Gasteiger partial charge in [0.25, 0.3) is 0 Å². The van der Waals surface area contributed by atoms with Crippen LogP contribution < -0.4 is 0 Å². The molecule has 0 aliphatic carbocycles. The largest absolute Gasteiger partial charge is 0.416 e. The molecule has 112 valence electrons. The molecule has 0 fully saturated rings. The van der Waals surface area contributed by atoms with E-state index < -0.39 is 11.7 Å². The van der Waals surface area contributed by atoms with E-state index >= 15 is 0 Å². The van der Waals surface area contributed by atoms with Gasteiger partial charge in [-0.1, -0.05) is 29.8 Å². The molecule has 0 amide bonds. The second-order valence-corrected chi connectivity index (χ2v) is 4.86. The van der Waals surface area contributed by atoms with E-state index in [0.717, 1.165) is 12.1 Å². The lowest BCUT2D eigenvalue weighted by molar-refractivity contribution is -0.137. The molecular formula is C14H12ClF3N2O. The van der Waals surface area contributed by atoms with Crippen LogP contribution in [0, 0.1) is 0 Å². The molecule has 1 aromatic carbocycles. The summed E-state index contributed by atoms with van der Waals surface area (Å²) in [5.41, 5.74) is -0.269. The van der Waals surface area contributed by atoms with E-state index in [4.69, 9.17) is 11.6 Å². The summed E-state index contributed by atoms with van der Waals surface area (Å²) < 4.78 is 39.4. The summed E-state index contributed by atoms with van der Waals surface area (Å²) in [7, 11) is 0. The molecule has 0 unspecified atom stereocenters. The van der Waals surface area contributed by atoms with Crippen LogP contribution in [-0.4, -0.2) is 15.6 Å². The summed E-state index contributed by atoms with van der Waals surface area (Å²) in [5.74, 6) is -0.362. The summed E-state index contributed by atoms with van der Waals surface area (Å²) in [6, 6.07) is 4.70. The number of ketones is 1. The van der Waals surface area contributed by atoms with Crippen molar-refractivity contribution in [2.45, 2.75) is 26.1 Å². The van der Waals surface area contributed by atoms with Crippen LogP contribution in [0.5, 0.6) is 0 Å². The summed E-state index contributed by atoms with van der Waals surface area (Å²) in [5, 5.41) is 4.14. The summed E-state index contributed by atoms with van der Waals surface area (Å²) >= 11 is 5.90. The first-order valence-corrected chi connectivity index (χ1v) is 6.61. The number of carbonyl (C=O) groups is 1. The minimum Gasteiger partial charge on any atom is -0.292 e. The first kappa shape index (κ1) is 15.6. The monoisotopic (exact) mass is 316 g/mol. The second kappa shape index (κ2) is 5.89. The summed E-state index contributed by atoms with van der Waals surface area (Å²) in [6.45, 7) is 2.25. The second-order valence-electron chi connectivity index (χ2n) is 4.45. The van der Waals surface area contributed by atoms with Gasteiger partial charge in [0.2, 0.25) is 0 Å². The molecule has 0 saturated heterocycles. The number of aryl methyl sites for hydroxylation is 1. The highest BCUT2D eigenvalue weighted by Crippen LogP contribution is 2.30. The molecule has 0 N–H and O–H groups in total. The lowest BCUT2D eigenvalue weighted by atomic mass is 10.0. The topological polar surface area (TPSA) is 34.9 Å². The molecule has 3 nitrogen and oxygen atoms in total. The first-order chi connectivity index (χ1) is 9.82. The van der Waals surface area contributed by atoms with Crippen LogP contribution in [-0.2, 0) is 19.1 Å². The predicted molar refractivity (Wildman–Crippen MR) is 72.4 cm³/mol. The molecule has 0 spiro atoms. The van der Waals surface area contributed by atoms with E-state index in [9.17, 15) is 18.0 Å². The molecule has 0 saturated carbocycles. The number of alkyl halides is 3. The standard InChI is InChI=1S/C14H12ClF3N2O/c1-2-20-13(11(15)8-19-20)12(21)7-9-4-3-5-10(6-9)14(16,17)18/h3-6,8H,2,7H2,1H3. The van der Waals surface area contributed by atoms with Crippen molar-refractivity contribution in [2.24, 2.45) is 0 Å². The number of hydrogen-bond acceptors (Lipinski definition) is 2. The van der Waals surface area contributed by atoms with Gasteiger partial charge in [-0.3, -0.25) is 9.48 Å². The Kier molecular flexibility index (Phi) is 4.37. The SMILES string of the molecule is CCn1ncc(Cl)c1C(=O)Cc1cccc(C(F)(F)F)c1. The highest BCUT2D eigenvalue weighted by Gasteiger charge is 2.30. The van der Waals surface area contributed by atoms with Gasteiger partial charge in [0.05, 0.1) is 16.8 Å². The third-order valence-corrected chi connectivity index (χ3v) is 3.25. The first-order valence-electron chi connectivity index (χ1n) is 6.23. The van der Waals surface area contributed by atoms with E-state index in [-0.39, 0.29) is 28.5 Å². The number of halogens is 4. The van der Waals surface area contributed by atoms with Gasteiger partial charge >= 0.3 is 6.18 Å². The Labute approximate surface area is 124 Å². The Morgan fingerprint density at radius 2 is 2.10 bits per heavy atom. The minimum atomic E-state index is -4.43. The van der Waals surface area contributed by atoms with Gasteiger partial charge in [-0.2, -0.15) is 18.3 Å². The Hall–Kier alpha value is -1.82. The van der Waals surface area contributed by atoms with Crippen molar-refractivity contribution in [3.8, 4) is 0 Å². The Balaban J connectivity index is 2.26. The normalized spacial score (nSPS) is 11.7. The molecule has 1 aromatic heterocycles. The third kappa shape index (κ3) is 3.44. The minimum absolute atomic E-state index is 0.157. The van der Waals surface area contributed by atoms with Gasteiger partial charge in [-0.25, -0.2) is 0 Å². The zero-order valence-electron chi connectivity index (χ0n) is 11.1. The van der Waals surface area contributed by atoms with Crippen molar-refractivity contribution in [3.05, 3.63) is 52.3 Å². The Bertz CT molecular complexity index is 664. The number of hydrogen-bond donors (Lipinski definition) is 0. The van der Waals surface area contributed by atoms with Crippen molar-refractivity contribution in [1.29, 1.82) is 0 Å². The predicted octanol–water partition coefficient (Wildman–Crippen LogP) is 4.00. The zero-order chi connectivity index (χ0) is 15.6. The molecule has 0 aliphatic heterocycles. The molecule has 0 radical (unpaired) electrons. The molecule has 0 bridgehead atoms. The molecule has 21 heavy (non-hydrogen) atoms. The van der Waals surface area contributed by atoms with Gasteiger partial charge in [0.1, 0.15) is 5.69 Å². The lowest BCUT2D eigenvalue weighted by Gasteiger charge is -2.09. The van der Waals surface area contributed by atoms with E-state index in [0.29, 0.717) is 6.54 Å². The molecule has 0 aliphatic rings. The van der Waals surface area contributed by atoms with Crippen LogP contribution in [0.15, 0.2) is 30.5 Å². The van der Waals surface area contributed by atoms with Crippen molar-refractivity contribution in [1.82, 2.24) is 9.78 Å². The molecule has 2 rings (SSSR count). The van der Waals surface area contributed by atoms with Gasteiger partial charge in [-0.05, 0) is 18.6 Å². The van der Waals surface area contributed by atoms with E-state index in [1.165, 1.54) is 23.0 Å². The number of aromatic nitrogens is 2. The van der Waals surface area contributed by atoms with E-state index in [1.807, 2.05) is 0 Å². The summed E-state index contributed by atoms with van der Waals surface area (Å²) in [4.78, 5) is 12.2. The Morgan fingerprint density at radius 3 is 2.71 bits per heavy atom. The third-order valence-electron chi connectivity index (χ3n) is 2.98. The molecule has 7 heteroatoms. The summed E-state index contributed by atoms with van der Waals surface area (Å²) in [6.07, 6.45) is -3.23. The zero-order valence-corrected chi connectivity index (χ0v) is 11.9. The maximum Gasteiger partial charge on any atom is 0.416 e. The fourth-order valence-electron chi connectivity index (χ4n) is 2.01. The van der Waals surface area contributed by atoms with Crippen molar-refractivity contribution >= 4 is 17.4 Å². The fourth-order valence-corrected chi connectivity index (χ4v) is 2.25. The average Bonchev–Trinajstić information content (AvgIpc) is 2.79. The van der Waals surface area contributed by atoms with Crippen LogP contribution >= 0.6 is 11.6 Å². The fraction of sp³-hybridized carbons (Fsp3) is 0.286. The smallest absolute Gasteiger partial charge is 0.292 e. The highest BCUT2D eigenvalue weighted by molar-refractivity contribution is 6.33. The van der Waals surface area contributed by atoms with Crippen molar-refractivity contribution in [2.75, 3.05) is 0 Å². The molecule has 1 heterocycles. The van der Waals surface area contributed by atoms with Crippen LogP contribution in [0.4, 0.5) is 13.2 Å². The van der Waals surface area contributed by atoms with Crippen LogP contribution in [0.25, 0.3) is 0 Å². The number of rotatable bonds is 4. The Morgan fingerprint density at radius 1 is 1.38 bits per heavy atom. The van der Waals surface area contributed by atoms with Gasteiger partial charge in [-0.15, -0.1) is 0 Å². The van der Waals surface area contributed by atoms with Crippen LogP contribution in [0.3, 0.4) is 0 Å². The van der Waals surface area contributed by atoms with Crippen LogP contribution in [0.2, 0.25) is 5.02 Å². The van der Waals surface area contributed by atoms with Crippen LogP contribution in [0.1, 0.15) is 28.5 Å². The van der Waals surface area contributed by atoms with E-state index in [2.05, 4.69) is 5.10 Å². The van der Waals surface area contributed by atoms with Gasteiger partial charge in [0.15, 0.2) is 5.78 Å². The highest BCUT2D eigenvalue weighted by atomic mass is 35.5. The number of carbonyl (C=O) groups excluding carboxylic acids is 1. The maximum atomic E-state index is 12.6. The maximum absolute atomic E-state index is 12.6. The van der Waals surface area contributed by atoms with E-state index in [1.54, 1.807) is 6.92 Å². The molecule has 2 aromatic rings. The quantitative estimate of drug-likeness (QED) is 0.799.